The quantitative estimate of drug-likeness (QED) is 0.553. The van der Waals surface area contributed by atoms with E-state index in [0.717, 1.165) is 25.7 Å². The van der Waals surface area contributed by atoms with Crippen LogP contribution in [0.3, 0.4) is 0 Å². The van der Waals surface area contributed by atoms with Crippen molar-refractivity contribution in [2.24, 2.45) is 5.92 Å². The Bertz CT molecular complexity index is 742. The van der Waals surface area contributed by atoms with E-state index in [2.05, 4.69) is 4.98 Å². The van der Waals surface area contributed by atoms with Gasteiger partial charge in [0.15, 0.2) is 5.15 Å². The van der Waals surface area contributed by atoms with E-state index in [0.29, 0.717) is 11.4 Å². The van der Waals surface area contributed by atoms with Crippen LogP contribution in [0.15, 0.2) is 12.1 Å². The van der Waals surface area contributed by atoms with Crippen LogP contribution in [0.4, 0.5) is 10.1 Å². The fraction of sp³-hybridized carbons (Fsp3) is 0.650. The lowest BCUT2D eigenvalue weighted by molar-refractivity contribution is -0.148. The standard InChI is InChI=1S/C20H27ClFN3O4/c1-28-20(27)12-2-5-16(6-3-12)29-11-15-8-13(22)10-25(15)18(26)9-14-4-7-17(23)19(21)24-14/h4,7,12-13,15-16H,2-3,5-6,8-11,23H2,1H3/t12-,13-,15-,16-/m0/s1. The summed E-state index contributed by atoms with van der Waals surface area (Å²) in [5, 5.41) is 0.155. The van der Waals surface area contributed by atoms with Gasteiger partial charge in [-0.05, 0) is 37.8 Å². The van der Waals surface area contributed by atoms with Crippen molar-refractivity contribution in [3.05, 3.63) is 23.0 Å². The highest BCUT2D eigenvalue weighted by molar-refractivity contribution is 6.31. The van der Waals surface area contributed by atoms with E-state index in [1.807, 2.05) is 0 Å². The van der Waals surface area contributed by atoms with Gasteiger partial charge in [-0.2, -0.15) is 0 Å². The van der Waals surface area contributed by atoms with Crippen LogP contribution >= 0.6 is 11.6 Å². The summed E-state index contributed by atoms with van der Waals surface area (Å²) in [4.78, 5) is 30.0. The Morgan fingerprint density at radius 3 is 2.69 bits per heavy atom. The zero-order valence-corrected chi connectivity index (χ0v) is 17.2. The number of hydrogen-bond acceptors (Lipinski definition) is 6. The molecule has 0 bridgehead atoms. The third-order valence-corrected chi connectivity index (χ3v) is 5.99. The molecule has 0 unspecified atom stereocenters. The van der Waals surface area contributed by atoms with Crippen LogP contribution in [-0.2, 0) is 25.5 Å². The Labute approximate surface area is 174 Å². The van der Waals surface area contributed by atoms with Crippen molar-refractivity contribution in [3.8, 4) is 0 Å². The molecule has 2 heterocycles. The molecule has 1 aliphatic heterocycles. The molecule has 0 aromatic carbocycles. The molecule has 1 aliphatic carbocycles. The van der Waals surface area contributed by atoms with E-state index in [4.69, 9.17) is 26.8 Å². The number of carbonyl (C=O) groups is 2. The molecule has 2 atom stereocenters. The minimum Gasteiger partial charge on any atom is -0.469 e. The molecule has 1 saturated carbocycles. The van der Waals surface area contributed by atoms with Crippen molar-refractivity contribution >= 4 is 29.2 Å². The van der Waals surface area contributed by atoms with Crippen LogP contribution < -0.4 is 5.73 Å². The number of hydrogen-bond donors (Lipinski definition) is 1. The summed E-state index contributed by atoms with van der Waals surface area (Å²) in [5.41, 5.74) is 6.49. The number of nitrogens with two attached hydrogens (primary N) is 1. The summed E-state index contributed by atoms with van der Waals surface area (Å²) >= 11 is 5.91. The number of halogens is 2. The predicted molar refractivity (Wildman–Crippen MR) is 106 cm³/mol. The van der Waals surface area contributed by atoms with Gasteiger partial charge in [-0.15, -0.1) is 0 Å². The van der Waals surface area contributed by atoms with Crippen molar-refractivity contribution in [2.45, 2.75) is 56.8 Å². The first-order valence-electron chi connectivity index (χ1n) is 9.91. The lowest BCUT2D eigenvalue weighted by atomic mass is 9.87. The molecular formula is C20H27ClFN3O4. The Morgan fingerprint density at radius 2 is 2.03 bits per heavy atom. The van der Waals surface area contributed by atoms with Crippen molar-refractivity contribution in [3.63, 3.8) is 0 Å². The van der Waals surface area contributed by atoms with Crippen molar-refractivity contribution in [1.29, 1.82) is 0 Å². The van der Waals surface area contributed by atoms with Crippen LogP contribution in [0, 0.1) is 5.92 Å². The second-order valence-electron chi connectivity index (χ2n) is 7.72. The smallest absolute Gasteiger partial charge is 0.308 e. The first-order valence-corrected chi connectivity index (χ1v) is 10.3. The van der Waals surface area contributed by atoms with Gasteiger partial charge < -0.3 is 20.1 Å². The fourth-order valence-electron chi connectivity index (χ4n) is 4.04. The number of carbonyl (C=O) groups excluding carboxylic acids is 2. The Balaban J connectivity index is 1.51. The molecule has 29 heavy (non-hydrogen) atoms. The zero-order chi connectivity index (χ0) is 21.0. The number of anilines is 1. The molecule has 2 aliphatic rings. The van der Waals surface area contributed by atoms with Crippen molar-refractivity contribution in [1.82, 2.24) is 9.88 Å². The van der Waals surface area contributed by atoms with Gasteiger partial charge in [0.25, 0.3) is 0 Å². The minimum absolute atomic E-state index is 0.0177. The molecule has 3 rings (SSSR count). The summed E-state index contributed by atoms with van der Waals surface area (Å²) in [6, 6.07) is 2.94. The Morgan fingerprint density at radius 1 is 1.31 bits per heavy atom. The number of likely N-dealkylation sites (tertiary alicyclic amines) is 1. The molecule has 7 nitrogen and oxygen atoms in total. The SMILES string of the molecule is COC(=O)[C@H]1CC[C@H](OC[C@@H]2C[C@H](F)CN2C(=O)Cc2ccc(N)c(Cl)n2)CC1. The van der Waals surface area contributed by atoms with E-state index in [-0.39, 0.29) is 61.1 Å². The molecule has 2 fully saturated rings. The maximum Gasteiger partial charge on any atom is 0.308 e. The van der Waals surface area contributed by atoms with E-state index in [1.54, 1.807) is 12.1 Å². The summed E-state index contributed by atoms with van der Waals surface area (Å²) in [6.45, 7) is 0.348. The molecular weight excluding hydrogens is 401 g/mol. The van der Waals surface area contributed by atoms with Gasteiger partial charge >= 0.3 is 5.97 Å². The largest absolute Gasteiger partial charge is 0.469 e. The molecule has 1 aromatic rings. The van der Waals surface area contributed by atoms with E-state index in [1.165, 1.54) is 12.0 Å². The number of ether oxygens (including phenoxy) is 2. The van der Waals surface area contributed by atoms with E-state index >= 15 is 0 Å². The highest BCUT2D eigenvalue weighted by Gasteiger charge is 2.36. The summed E-state index contributed by atoms with van der Waals surface area (Å²) in [6.07, 6.45) is 2.21. The van der Waals surface area contributed by atoms with Crippen LogP contribution in [0.5, 0.6) is 0 Å². The van der Waals surface area contributed by atoms with Gasteiger partial charge in [-0.1, -0.05) is 11.6 Å². The number of methoxy groups -OCH3 is 1. The van der Waals surface area contributed by atoms with Crippen LogP contribution in [0.1, 0.15) is 37.8 Å². The number of alkyl halides is 1. The van der Waals surface area contributed by atoms with Gasteiger partial charge in [-0.25, -0.2) is 9.37 Å². The third kappa shape index (κ3) is 5.57. The number of aromatic nitrogens is 1. The van der Waals surface area contributed by atoms with Gasteiger partial charge in [0.2, 0.25) is 5.91 Å². The first kappa shape index (κ1) is 21.8. The number of nitrogen functional groups attached to an aromatic ring is 1. The Kier molecular flexibility index (Phi) is 7.29. The molecule has 1 amide bonds. The number of nitrogens with zero attached hydrogens (tertiary/aromatic N) is 2. The molecule has 2 N–H and O–H groups in total. The highest BCUT2D eigenvalue weighted by atomic mass is 35.5. The molecule has 160 valence electrons. The average molecular weight is 428 g/mol. The second kappa shape index (κ2) is 9.71. The lowest BCUT2D eigenvalue weighted by Gasteiger charge is -2.30. The molecule has 0 radical (unpaired) electrons. The number of pyridine rings is 1. The zero-order valence-electron chi connectivity index (χ0n) is 16.5. The van der Waals surface area contributed by atoms with Crippen LogP contribution in [0.25, 0.3) is 0 Å². The van der Waals surface area contributed by atoms with E-state index in [9.17, 15) is 14.0 Å². The van der Waals surface area contributed by atoms with Gasteiger partial charge in [0.05, 0.1) is 56.1 Å². The van der Waals surface area contributed by atoms with Crippen molar-refractivity contribution in [2.75, 3.05) is 26.0 Å². The normalized spacial score (nSPS) is 27.1. The molecule has 0 spiro atoms. The minimum atomic E-state index is -1.06. The predicted octanol–water partition coefficient (Wildman–Crippen LogP) is 2.55. The fourth-order valence-corrected chi connectivity index (χ4v) is 4.21. The van der Waals surface area contributed by atoms with Crippen LogP contribution in [-0.4, -0.2) is 60.3 Å². The lowest BCUT2D eigenvalue weighted by Crippen LogP contribution is -2.40. The van der Waals surface area contributed by atoms with E-state index < -0.39 is 6.17 Å². The average Bonchev–Trinajstić information content (AvgIpc) is 3.09. The summed E-state index contributed by atoms with van der Waals surface area (Å²) in [5.74, 6) is -0.451. The summed E-state index contributed by atoms with van der Waals surface area (Å²) in [7, 11) is 1.40. The van der Waals surface area contributed by atoms with Crippen molar-refractivity contribution < 1.29 is 23.5 Å². The van der Waals surface area contributed by atoms with Crippen LogP contribution in [0.2, 0.25) is 5.15 Å². The topological polar surface area (TPSA) is 94.8 Å². The van der Waals surface area contributed by atoms with Gasteiger partial charge in [0, 0.05) is 6.42 Å². The second-order valence-corrected chi connectivity index (χ2v) is 8.08. The molecule has 1 saturated heterocycles. The van der Waals surface area contributed by atoms with Gasteiger partial charge in [-0.3, -0.25) is 9.59 Å². The number of esters is 1. The molecule has 9 heteroatoms. The number of amides is 1. The van der Waals surface area contributed by atoms with Gasteiger partial charge in [0.1, 0.15) is 6.17 Å². The monoisotopic (exact) mass is 427 g/mol. The highest BCUT2D eigenvalue weighted by Crippen LogP contribution is 2.29. The number of rotatable bonds is 6. The summed E-state index contributed by atoms with van der Waals surface area (Å²) < 4.78 is 24.8. The Hall–Kier alpha value is -1.93. The first-order chi connectivity index (χ1) is 13.9. The maximum absolute atomic E-state index is 14.0. The molecule has 1 aromatic heterocycles. The maximum atomic E-state index is 14.0. The third-order valence-electron chi connectivity index (χ3n) is 5.68.